The lowest BCUT2D eigenvalue weighted by Crippen LogP contribution is -2.15. The van der Waals surface area contributed by atoms with Gasteiger partial charge in [0.15, 0.2) is 11.5 Å². The van der Waals surface area contributed by atoms with E-state index in [9.17, 15) is 4.79 Å². The molecule has 4 rings (SSSR count). The molecule has 5 heteroatoms. The van der Waals surface area contributed by atoms with Crippen LogP contribution in [0, 0.1) is 20.8 Å². The SMILES string of the molecule is Cc1cccc(Cn2c(C)c(C(N)=O)c(-c3ccc4c(c3)OCCO4)c2C)c1. The molecule has 1 amide bonds. The van der Waals surface area contributed by atoms with E-state index in [1.807, 2.05) is 32.0 Å². The van der Waals surface area contributed by atoms with Crippen molar-refractivity contribution in [1.82, 2.24) is 4.57 Å². The van der Waals surface area contributed by atoms with Gasteiger partial charge in [0.1, 0.15) is 13.2 Å². The van der Waals surface area contributed by atoms with Crippen molar-refractivity contribution in [3.63, 3.8) is 0 Å². The molecule has 28 heavy (non-hydrogen) atoms. The molecule has 0 radical (unpaired) electrons. The zero-order valence-electron chi connectivity index (χ0n) is 16.4. The molecule has 0 aliphatic carbocycles. The summed E-state index contributed by atoms with van der Waals surface area (Å²) in [6.07, 6.45) is 0. The molecule has 5 nitrogen and oxygen atoms in total. The monoisotopic (exact) mass is 376 g/mol. The maximum Gasteiger partial charge on any atom is 0.251 e. The molecule has 0 saturated carbocycles. The normalized spacial score (nSPS) is 12.8. The first-order valence-corrected chi connectivity index (χ1v) is 9.40. The number of fused-ring (bicyclic) bond motifs is 1. The number of carbonyl (C=O) groups excluding carboxylic acids is 1. The first kappa shape index (κ1) is 18.2. The fraction of sp³-hybridized carbons (Fsp3) is 0.261. The van der Waals surface area contributed by atoms with Crippen LogP contribution in [0.4, 0.5) is 0 Å². The maximum absolute atomic E-state index is 12.3. The average molecular weight is 376 g/mol. The van der Waals surface area contributed by atoms with E-state index in [2.05, 4.69) is 35.8 Å². The lowest BCUT2D eigenvalue weighted by molar-refractivity contribution is 0.1000. The van der Waals surface area contributed by atoms with Gasteiger partial charge in [-0.15, -0.1) is 0 Å². The van der Waals surface area contributed by atoms with Crippen LogP contribution in [0.1, 0.15) is 32.9 Å². The number of benzene rings is 2. The van der Waals surface area contributed by atoms with E-state index in [0.717, 1.165) is 28.3 Å². The summed E-state index contributed by atoms with van der Waals surface area (Å²) in [5.41, 5.74) is 12.4. The van der Waals surface area contributed by atoms with Crippen LogP contribution in [0.2, 0.25) is 0 Å². The molecular formula is C23H24N2O3. The highest BCUT2D eigenvalue weighted by atomic mass is 16.6. The third kappa shape index (κ3) is 3.13. The number of ether oxygens (including phenoxy) is 2. The minimum atomic E-state index is -0.423. The Balaban J connectivity index is 1.84. The Morgan fingerprint density at radius 3 is 2.46 bits per heavy atom. The number of aryl methyl sites for hydroxylation is 1. The number of hydrogen-bond acceptors (Lipinski definition) is 3. The summed E-state index contributed by atoms with van der Waals surface area (Å²) in [5, 5.41) is 0. The first-order valence-electron chi connectivity index (χ1n) is 9.40. The summed E-state index contributed by atoms with van der Waals surface area (Å²) in [5.74, 6) is 1.00. The van der Waals surface area contributed by atoms with Gasteiger partial charge in [0.25, 0.3) is 5.91 Å². The van der Waals surface area contributed by atoms with Crippen LogP contribution in [0.15, 0.2) is 42.5 Å². The number of nitrogens with two attached hydrogens (primary N) is 1. The van der Waals surface area contributed by atoms with Gasteiger partial charge in [0.2, 0.25) is 0 Å². The topological polar surface area (TPSA) is 66.5 Å². The number of aromatic nitrogens is 1. The zero-order chi connectivity index (χ0) is 19.8. The summed E-state index contributed by atoms with van der Waals surface area (Å²) >= 11 is 0. The first-order chi connectivity index (χ1) is 13.5. The Hall–Kier alpha value is -3.21. The van der Waals surface area contributed by atoms with Gasteiger partial charge in [0, 0.05) is 23.5 Å². The highest BCUT2D eigenvalue weighted by Crippen LogP contribution is 2.38. The van der Waals surface area contributed by atoms with Crippen molar-refractivity contribution in [3.8, 4) is 22.6 Å². The molecule has 0 saturated heterocycles. The molecule has 2 aromatic carbocycles. The van der Waals surface area contributed by atoms with Crippen molar-refractivity contribution in [2.45, 2.75) is 27.3 Å². The van der Waals surface area contributed by atoms with Gasteiger partial charge in [-0.05, 0) is 44.0 Å². The molecule has 3 aromatic rings. The third-order valence-electron chi connectivity index (χ3n) is 5.28. The van der Waals surface area contributed by atoms with Crippen molar-refractivity contribution < 1.29 is 14.3 Å². The lowest BCUT2D eigenvalue weighted by atomic mass is 9.99. The number of carbonyl (C=O) groups is 1. The maximum atomic E-state index is 12.3. The van der Waals surface area contributed by atoms with E-state index in [1.54, 1.807) is 0 Å². The van der Waals surface area contributed by atoms with Crippen molar-refractivity contribution in [3.05, 3.63) is 70.5 Å². The lowest BCUT2D eigenvalue weighted by Gasteiger charge is -2.19. The summed E-state index contributed by atoms with van der Waals surface area (Å²) in [6, 6.07) is 14.2. The van der Waals surface area contributed by atoms with Crippen LogP contribution in [-0.4, -0.2) is 23.7 Å². The number of nitrogens with zero attached hydrogens (tertiary/aromatic N) is 1. The second kappa shape index (κ2) is 7.08. The minimum Gasteiger partial charge on any atom is -0.486 e. The molecule has 2 heterocycles. The largest absolute Gasteiger partial charge is 0.486 e. The van der Waals surface area contributed by atoms with E-state index in [0.29, 0.717) is 31.1 Å². The highest BCUT2D eigenvalue weighted by molar-refractivity contribution is 6.02. The molecule has 0 fully saturated rings. The van der Waals surface area contributed by atoms with Gasteiger partial charge in [-0.25, -0.2) is 0 Å². The summed E-state index contributed by atoms with van der Waals surface area (Å²) < 4.78 is 13.5. The Morgan fingerprint density at radius 2 is 1.75 bits per heavy atom. The number of hydrogen-bond donors (Lipinski definition) is 1. The summed E-state index contributed by atoms with van der Waals surface area (Å²) in [7, 11) is 0. The Bertz CT molecular complexity index is 1070. The second-order valence-electron chi connectivity index (χ2n) is 7.22. The van der Waals surface area contributed by atoms with Crippen LogP contribution in [0.3, 0.4) is 0 Å². The predicted octanol–water partition coefficient (Wildman–Crippen LogP) is 4.00. The van der Waals surface area contributed by atoms with E-state index in [-0.39, 0.29) is 0 Å². The van der Waals surface area contributed by atoms with E-state index in [4.69, 9.17) is 15.2 Å². The van der Waals surface area contributed by atoms with Crippen LogP contribution in [0.5, 0.6) is 11.5 Å². The van der Waals surface area contributed by atoms with E-state index in [1.165, 1.54) is 11.1 Å². The molecule has 0 atom stereocenters. The van der Waals surface area contributed by atoms with E-state index < -0.39 is 5.91 Å². The Morgan fingerprint density at radius 1 is 1.00 bits per heavy atom. The van der Waals surface area contributed by atoms with E-state index >= 15 is 0 Å². The minimum absolute atomic E-state index is 0.423. The van der Waals surface area contributed by atoms with Crippen LogP contribution < -0.4 is 15.2 Å². The fourth-order valence-corrected chi connectivity index (χ4v) is 3.97. The molecule has 1 aliphatic rings. The fourth-order valence-electron chi connectivity index (χ4n) is 3.97. The van der Waals surface area contributed by atoms with Crippen molar-refractivity contribution in [1.29, 1.82) is 0 Å². The van der Waals surface area contributed by atoms with Crippen molar-refractivity contribution in [2.24, 2.45) is 5.73 Å². The molecule has 0 unspecified atom stereocenters. The Kier molecular flexibility index (Phi) is 4.59. The Labute approximate surface area is 164 Å². The third-order valence-corrected chi connectivity index (χ3v) is 5.28. The standard InChI is InChI=1S/C23H24N2O3/c1-14-5-4-6-17(11-14)13-25-15(2)21(22(16(25)3)23(24)26)18-7-8-19-20(12-18)28-10-9-27-19/h4-8,11-12H,9-10,13H2,1-3H3,(H2,24,26). The molecule has 0 bridgehead atoms. The molecule has 144 valence electrons. The zero-order valence-corrected chi connectivity index (χ0v) is 16.4. The molecule has 0 spiro atoms. The average Bonchev–Trinajstić information content (AvgIpc) is 2.92. The van der Waals surface area contributed by atoms with Crippen molar-refractivity contribution >= 4 is 5.91 Å². The van der Waals surface area contributed by atoms with Gasteiger partial charge in [-0.3, -0.25) is 4.79 Å². The van der Waals surface area contributed by atoms with Gasteiger partial charge in [-0.2, -0.15) is 0 Å². The highest BCUT2D eigenvalue weighted by Gasteiger charge is 2.24. The molecule has 1 aromatic heterocycles. The second-order valence-corrected chi connectivity index (χ2v) is 7.22. The van der Waals surface area contributed by atoms with Crippen LogP contribution >= 0.6 is 0 Å². The smallest absolute Gasteiger partial charge is 0.251 e. The number of amides is 1. The van der Waals surface area contributed by atoms with Crippen LogP contribution in [-0.2, 0) is 6.54 Å². The summed E-state index contributed by atoms with van der Waals surface area (Å²) in [6.45, 7) is 7.81. The molecule has 1 aliphatic heterocycles. The molecular weight excluding hydrogens is 352 g/mol. The van der Waals surface area contributed by atoms with Gasteiger partial charge >= 0.3 is 0 Å². The van der Waals surface area contributed by atoms with Gasteiger partial charge < -0.3 is 19.8 Å². The molecule has 2 N–H and O–H groups in total. The quantitative estimate of drug-likeness (QED) is 0.748. The number of primary amides is 1. The van der Waals surface area contributed by atoms with Gasteiger partial charge in [0.05, 0.1) is 5.56 Å². The van der Waals surface area contributed by atoms with Crippen molar-refractivity contribution in [2.75, 3.05) is 13.2 Å². The summed E-state index contributed by atoms with van der Waals surface area (Å²) in [4.78, 5) is 12.3. The van der Waals surface area contributed by atoms with Crippen LogP contribution in [0.25, 0.3) is 11.1 Å². The predicted molar refractivity (Wildman–Crippen MR) is 109 cm³/mol. The number of rotatable bonds is 4. The van der Waals surface area contributed by atoms with Gasteiger partial charge in [-0.1, -0.05) is 35.9 Å².